The molecule has 27 heavy (non-hydrogen) atoms. The topological polar surface area (TPSA) is 89.5 Å². The van der Waals surface area contributed by atoms with E-state index in [9.17, 15) is 18.0 Å². The maximum atomic E-state index is 12.2. The largest absolute Gasteiger partial charge is 0.454 e. The van der Waals surface area contributed by atoms with E-state index >= 15 is 0 Å². The molecule has 0 heterocycles. The summed E-state index contributed by atoms with van der Waals surface area (Å²) in [6.45, 7) is 3.25. The molecule has 2 rings (SSSR count). The van der Waals surface area contributed by atoms with E-state index in [1.165, 1.54) is 31.2 Å². The first kappa shape index (κ1) is 21.1. The normalized spacial score (nSPS) is 12.4. The van der Waals surface area contributed by atoms with Crippen molar-refractivity contribution in [2.24, 2.45) is 0 Å². The number of esters is 1. The van der Waals surface area contributed by atoms with Gasteiger partial charge >= 0.3 is 5.97 Å². The molecule has 6 nitrogen and oxygen atoms in total. The fourth-order valence-electron chi connectivity index (χ4n) is 2.25. The second-order valence-corrected chi connectivity index (χ2v) is 8.17. The van der Waals surface area contributed by atoms with Crippen LogP contribution in [0.3, 0.4) is 0 Å². The molecule has 0 aliphatic carbocycles. The molecule has 0 bridgehead atoms. The van der Waals surface area contributed by atoms with Crippen LogP contribution in [0.25, 0.3) is 0 Å². The van der Waals surface area contributed by atoms with Crippen molar-refractivity contribution in [1.29, 1.82) is 0 Å². The molecule has 2 aromatic carbocycles. The zero-order chi connectivity index (χ0) is 20.0. The highest BCUT2D eigenvalue weighted by molar-refractivity contribution is 7.89. The van der Waals surface area contributed by atoms with Gasteiger partial charge in [0.25, 0.3) is 0 Å². The Bertz CT molecular complexity index is 908. The molecule has 1 N–H and O–H groups in total. The number of Topliss-reactive ketones (excluding diaryl/α,β-unsaturated/α-hetero) is 1. The van der Waals surface area contributed by atoms with Crippen LogP contribution in [0.15, 0.2) is 53.4 Å². The van der Waals surface area contributed by atoms with Crippen LogP contribution in [0, 0.1) is 6.92 Å². The number of nitrogens with one attached hydrogen (secondary N) is 1. The van der Waals surface area contributed by atoms with Crippen molar-refractivity contribution in [2.75, 3.05) is 6.54 Å². The summed E-state index contributed by atoms with van der Waals surface area (Å²) in [7, 11) is -3.75. The van der Waals surface area contributed by atoms with Crippen molar-refractivity contribution in [1.82, 2.24) is 4.72 Å². The van der Waals surface area contributed by atoms with Gasteiger partial charge in [0.15, 0.2) is 6.10 Å². The standard InChI is InChI=1S/C19H20ClNO5S/c1-13-3-5-15(6-4-13)19(23)14(2)26-18(22)11-12-21-27(24,25)17-9-7-16(20)8-10-17/h3-10,14,21H,11-12H2,1-2H3/t14-/m1/s1. The Hall–Kier alpha value is -2.22. The number of carbonyl (C=O) groups is 2. The molecule has 0 spiro atoms. The molecule has 0 unspecified atom stereocenters. The molecule has 0 saturated heterocycles. The predicted molar refractivity (Wildman–Crippen MR) is 102 cm³/mol. The number of hydrogen-bond acceptors (Lipinski definition) is 5. The number of ether oxygens (including phenoxy) is 1. The quantitative estimate of drug-likeness (QED) is 0.534. The Morgan fingerprint density at radius 1 is 1.07 bits per heavy atom. The maximum absolute atomic E-state index is 12.2. The van der Waals surface area contributed by atoms with Crippen molar-refractivity contribution >= 4 is 33.4 Å². The highest BCUT2D eigenvalue weighted by Gasteiger charge is 2.20. The summed E-state index contributed by atoms with van der Waals surface area (Å²) in [5.74, 6) is -0.980. The molecule has 0 fully saturated rings. The minimum Gasteiger partial charge on any atom is -0.454 e. The number of rotatable bonds is 8. The summed E-state index contributed by atoms with van der Waals surface area (Å²) in [5.41, 5.74) is 1.47. The molecule has 0 radical (unpaired) electrons. The SMILES string of the molecule is Cc1ccc(C(=O)[C@@H](C)OC(=O)CCNS(=O)(=O)c2ccc(Cl)cc2)cc1. The second kappa shape index (κ2) is 9.12. The average molecular weight is 410 g/mol. The fraction of sp³-hybridized carbons (Fsp3) is 0.263. The lowest BCUT2D eigenvalue weighted by molar-refractivity contribution is -0.146. The number of aryl methyl sites for hydroxylation is 1. The lowest BCUT2D eigenvalue weighted by atomic mass is 10.1. The molecule has 0 aliphatic rings. The minimum absolute atomic E-state index is 0.0446. The minimum atomic E-state index is -3.75. The number of hydrogen-bond donors (Lipinski definition) is 1. The third-order valence-electron chi connectivity index (χ3n) is 3.76. The molecule has 0 aromatic heterocycles. The van der Waals surface area contributed by atoms with E-state index in [-0.39, 0.29) is 23.6 Å². The first-order chi connectivity index (χ1) is 12.7. The van der Waals surface area contributed by atoms with Crippen LogP contribution in [0.1, 0.15) is 29.3 Å². The first-order valence-electron chi connectivity index (χ1n) is 8.24. The maximum Gasteiger partial charge on any atom is 0.307 e. The van der Waals surface area contributed by atoms with Crippen molar-refractivity contribution in [3.63, 3.8) is 0 Å². The molecule has 0 saturated carbocycles. The van der Waals surface area contributed by atoms with E-state index in [0.717, 1.165) is 5.56 Å². The van der Waals surface area contributed by atoms with E-state index in [0.29, 0.717) is 10.6 Å². The van der Waals surface area contributed by atoms with E-state index in [1.807, 2.05) is 6.92 Å². The third-order valence-corrected chi connectivity index (χ3v) is 5.49. The Balaban J connectivity index is 1.84. The monoisotopic (exact) mass is 409 g/mol. The Kier molecular flexibility index (Phi) is 7.12. The molecular weight excluding hydrogens is 390 g/mol. The van der Waals surface area contributed by atoms with Crippen molar-refractivity contribution in [3.8, 4) is 0 Å². The Labute approximate surface area is 163 Å². The summed E-state index contributed by atoms with van der Waals surface area (Å²) >= 11 is 5.73. The summed E-state index contributed by atoms with van der Waals surface area (Å²) in [6.07, 6.45) is -1.15. The van der Waals surface area contributed by atoms with Gasteiger partial charge in [0.05, 0.1) is 11.3 Å². The smallest absolute Gasteiger partial charge is 0.307 e. The second-order valence-electron chi connectivity index (χ2n) is 5.96. The summed E-state index contributed by atoms with van der Waals surface area (Å²) in [4.78, 5) is 24.2. The van der Waals surface area contributed by atoms with Crippen LogP contribution in [-0.2, 0) is 19.6 Å². The molecule has 144 valence electrons. The van der Waals surface area contributed by atoms with Gasteiger partial charge in [-0.05, 0) is 38.1 Å². The van der Waals surface area contributed by atoms with Crippen LogP contribution in [0.4, 0.5) is 0 Å². The summed E-state index contributed by atoms with van der Waals surface area (Å²) in [6, 6.07) is 12.6. The third kappa shape index (κ3) is 6.16. The fourth-order valence-corrected chi connectivity index (χ4v) is 3.40. The van der Waals surface area contributed by atoms with Crippen molar-refractivity contribution < 1.29 is 22.7 Å². The zero-order valence-corrected chi connectivity index (χ0v) is 16.5. The molecular formula is C19H20ClNO5S. The van der Waals surface area contributed by atoms with Gasteiger partial charge in [-0.1, -0.05) is 41.4 Å². The highest BCUT2D eigenvalue weighted by atomic mass is 35.5. The zero-order valence-electron chi connectivity index (χ0n) is 14.9. The first-order valence-corrected chi connectivity index (χ1v) is 10.1. The summed E-state index contributed by atoms with van der Waals surface area (Å²) < 4.78 is 31.6. The Morgan fingerprint density at radius 2 is 1.67 bits per heavy atom. The lowest BCUT2D eigenvalue weighted by Gasteiger charge is -2.13. The van der Waals surface area contributed by atoms with Gasteiger partial charge in [-0.25, -0.2) is 13.1 Å². The molecule has 2 aromatic rings. The number of halogens is 1. The average Bonchev–Trinajstić information content (AvgIpc) is 2.62. The highest BCUT2D eigenvalue weighted by Crippen LogP contribution is 2.14. The van der Waals surface area contributed by atoms with E-state index < -0.39 is 22.1 Å². The van der Waals surface area contributed by atoms with E-state index in [2.05, 4.69) is 4.72 Å². The van der Waals surface area contributed by atoms with Gasteiger partial charge in [0.2, 0.25) is 15.8 Å². The lowest BCUT2D eigenvalue weighted by Crippen LogP contribution is -2.29. The van der Waals surface area contributed by atoms with Gasteiger partial charge < -0.3 is 4.74 Å². The van der Waals surface area contributed by atoms with Gasteiger partial charge in [0.1, 0.15) is 0 Å². The van der Waals surface area contributed by atoms with E-state index in [4.69, 9.17) is 16.3 Å². The van der Waals surface area contributed by atoms with Gasteiger partial charge in [0, 0.05) is 17.1 Å². The van der Waals surface area contributed by atoms with Crippen molar-refractivity contribution in [2.45, 2.75) is 31.3 Å². The van der Waals surface area contributed by atoms with Crippen molar-refractivity contribution in [3.05, 3.63) is 64.7 Å². The number of carbonyl (C=O) groups excluding carboxylic acids is 2. The molecule has 8 heteroatoms. The summed E-state index contributed by atoms with van der Waals surface area (Å²) in [5, 5.41) is 0.421. The number of sulfonamides is 1. The molecule has 0 amide bonds. The molecule has 1 atom stereocenters. The van der Waals surface area contributed by atoms with Crippen LogP contribution in [0.5, 0.6) is 0 Å². The van der Waals surface area contributed by atoms with Crippen LogP contribution in [-0.4, -0.2) is 32.8 Å². The van der Waals surface area contributed by atoms with Gasteiger partial charge in [-0.2, -0.15) is 0 Å². The van der Waals surface area contributed by atoms with Crippen LogP contribution in [0.2, 0.25) is 5.02 Å². The van der Waals surface area contributed by atoms with Crippen LogP contribution >= 0.6 is 11.6 Å². The van der Waals surface area contributed by atoms with Gasteiger partial charge in [-0.3, -0.25) is 9.59 Å². The predicted octanol–water partition coefficient (Wildman–Crippen LogP) is 3.13. The van der Waals surface area contributed by atoms with Gasteiger partial charge in [-0.15, -0.1) is 0 Å². The van der Waals surface area contributed by atoms with Crippen LogP contribution < -0.4 is 4.72 Å². The Morgan fingerprint density at radius 3 is 2.26 bits per heavy atom. The van der Waals surface area contributed by atoms with E-state index in [1.54, 1.807) is 24.3 Å². The molecule has 0 aliphatic heterocycles. The number of ketones is 1. The number of benzene rings is 2.